The summed E-state index contributed by atoms with van der Waals surface area (Å²) in [5.41, 5.74) is 1.98. The van der Waals surface area contributed by atoms with Gasteiger partial charge in [-0.05, 0) is 29.3 Å². The van der Waals surface area contributed by atoms with Gasteiger partial charge in [-0.15, -0.1) is 0 Å². The van der Waals surface area contributed by atoms with E-state index < -0.39 is 11.9 Å². The number of halogens is 3. The Labute approximate surface area is 132 Å². The average molecular weight is 327 g/mol. The summed E-state index contributed by atoms with van der Waals surface area (Å²) in [6, 6.07) is 8.20. The van der Waals surface area contributed by atoms with Crippen LogP contribution in [0.15, 0.2) is 30.3 Å². The van der Waals surface area contributed by atoms with Crippen LogP contribution >= 0.6 is 23.2 Å². The molecule has 110 valence electrons. The number of hydrogen-bond acceptors (Lipinski definition) is 2. The first-order valence-electron chi connectivity index (χ1n) is 6.62. The van der Waals surface area contributed by atoms with Gasteiger partial charge >= 0.3 is 0 Å². The highest BCUT2D eigenvalue weighted by Crippen LogP contribution is 2.36. The van der Waals surface area contributed by atoms with E-state index in [2.05, 4.69) is 0 Å². The van der Waals surface area contributed by atoms with Crippen LogP contribution in [0.5, 0.6) is 5.75 Å². The lowest BCUT2D eigenvalue weighted by molar-refractivity contribution is 0.172. The van der Waals surface area contributed by atoms with Gasteiger partial charge in [0.1, 0.15) is 11.6 Å². The molecule has 1 atom stereocenters. The molecule has 0 aliphatic carbocycles. The van der Waals surface area contributed by atoms with Gasteiger partial charge in [0.2, 0.25) is 0 Å². The highest BCUT2D eigenvalue weighted by molar-refractivity contribution is 6.31. The maximum atomic E-state index is 14.0. The molecule has 0 aromatic heterocycles. The van der Waals surface area contributed by atoms with Crippen molar-refractivity contribution in [3.05, 3.63) is 62.9 Å². The predicted molar refractivity (Wildman–Crippen MR) is 80.7 cm³/mol. The first-order chi connectivity index (χ1) is 10.1. The minimum absolute atomic E-state index is 0.000812. The Bertz CT molecular complexity index is 688. The largest absolute Gasteiger partial charge is 0.493 e. The van der Waals surface area contributed by atoms with E-state index in [1.54, 1.807) is 12.1 Å². The van der Waals surface area contributed by atoms with Gasteiger partial charge in [0, 0.05) is 23.4 Å². The molecule has 1 heterocycles. The van der Waals surface area contributed by atoms with Crippen molar-refractivity contribution in [1.82, 2.24) is 0 Å². The summed E-state index contributed by atoms with van der Waals surface area (Å²) in [6.45, 7) is 0.601. The maximum Gasteiger partial charge on any atom is 0.147 e. The highest BCUT2D eigenvalue weighted by atomic mass is 35.5. The van der Waals surface area contributed by atoms with Crippen LogP contribution < -0.4 is 4.74 Å². The quantitative estimate of drug-likeness (QED) is 0.908. The number of benzene rings is 2. The minimum atomic E-state index is -1.00. The summed E-state index contributed by atoms with van der Waals surface area (Å²) < 4.78 is 19.5. The molecule has 21 heavy (non-hydrogen) atoms. The maximum absolute atomic E-state index is 14.0. The molecule has 0 radical (unpaired) electrons. The van der Waals surface area contributed by atoms with Crippen molar-refractivity contribution in [2.24, 2.45) is 0 Å². The van der Waals surface area contributed by atoms with Crippen molar-refractivity contribution >= 4 is 23.2 Å². The van der Waals surface area contributed by atoms with Crippen molar-refractivity contribution in [2.45, 2.75) is 18.9 Å². The van der Waals surface area contributed by atoms with Crippen molar-refractivity contribution in [3.8, 4) is 5.75 Å². The zero-order valence-corrected chi connectivity index (χ0v) is 12.6. The molecule has 5 heteroatoms. The molecule has 1 N–H and O–H groups in total. The van der Waals surface area contributed by atoms with Crippen LogP contribution in [0.25, 0.3) is 0 Å². The number of fused-ring (bicyclic) bond motifs is 1. The third kappa shape index (κ3) is 2.86. The first-order valence-corrected chi connectivity index (χ1v) is 7.38. The second kappa shape index (κ2) is 5.84. The van der Waals surface area contributed by atoms with Gasteiger partial charge < -0.3 is 9.84 Å². The number of aliphatic hydroxyl groups is 1. The summed E-state index contributed by atoms with van der Waals surface area (Å²) in [5.74, 6) is 0.159. The molecule has 2 aromatic carbocycles. The van der Waals surface area contributed by atoms with Crippen LogP contribution in [0.3, 0.4) is 0 Å². The fraction of sp³-hybridized carbons (Fsp3) is 0.250. The molecular weight excluding hydrogens is 314 g/mol. The van der Waals surface area contributed by atoms with E-state index in [1.807, 2.05) is 6.07 Å². The van der Waals surface area contributed by atoms with E-state index in [-0.39, 0.29) is 17.0 Å². The normalized spacial score (nSPS) is 14.7. The Balaban J connectivity index is 1.92. The van der Waals surface area contributed by atoms with E-state index >= 15 is 0 Å². The van der Waals surface area contributed by atoms with Crippen molar-refractivity contribution in [2.75, 3.05) is 6.61 Å². The topological polar surface area (TPSA) is 29.5 Å². The Morgan fingerprint density at radius 2 is 2.10 bits per heavy atom. The number of rotatable bonds is 3. The predicted octanol–water partition coefficient (Wildman–Crippen LogP) is 4.34. The fourth-order valence-corrected chi connectivity index (χ4v) is 3.04. The molecular formula is C16H13Cl2FO2. The van der Waals surface area contributed by atoms with Gasteiger partial charge in [0.15, 0.2) is 0 Å². The zero-order chi connectivity index (χ0) is 15.0. The van der Waals surface area contributed by atoms with Crippen LogP contribution in [-0.2, 0) is 12.8 Å². The molecule has 1 unspecified atom stereocenters. The lowest BCUT2D eigenvalue weighted by Crippen LogP contribution is -2.06. The van der Waals surface area contributed by atoms with E-state index in [0.29, 0.717) is 11.6 Å². The summed E-state index contributed by atoms with van der Waals surface area (Å²) in [4.78, 5) is 0. The molecule has 0 saturated carbocycles. The van der Waals surface area contributed by atoms with E-state index in [4.69, 9.17) is 27.9 Å². The lowest BCUT2D eigenvalue weighted by atomic mass is 9.98. The molecule has 2 aromatic rings. The molecule has 3 rings (SSSR count). The van der Waals surface area contributed by atoms with Crippen LogP contribution in [0.1, 0.15) is 22.8 Å². The number of aliphatic hydroxyl groups excluding tert-OH is 1. The molecule has 0 fully saturated rings. The summed E-state index contributed by atoms with van der Waals surface area (Å²) in [7, 11) is 0. The number of hydrogen-bond donors (Lipinski definition) is 1. The second-order valence-corrected chi connectivity index (χ2v) is 5.86. The molecule has 0 amide bonds. The van der Waals surface area contributed by atoms with Gasteiger partial charge in [0.05, 0.1) is 17.7 Å². The molecule has 1 aliphatic heterocycles. The number of ether oxygens (including phenoxy) is 1. The Hall–Kier alpha value is -1.29. The SMILES string of the molecule is OC(Cc1cc(Cl)cc2c1OCC2)c1cccc(Cl)c1F. The smallest absolute Gasteiger partial charge is 0.147 e. The molecule has 0 spiro atoms. The van der Waals surface area contributed by atoms with E-state index in [0.717, 1.165) is 23.3 Å². The second-order valence-electron chi connectivity index (χ2n) is 5.01. The third-order valence-corrected chi connectivity index (χ3v) is 4.09. The minimum Gasteiger partial charge on any atom is -0.493 e. The summed E-state index contributed by atoms with van der Waals surface area (Å²) >= 11 is 11.8. The zero-order valence-electron chi connectivity index (χ0n) is 11.1. The molecule has 0 saturated heterocycles. The molecule has 0 bridgehead atoms. The van der Waals surface area contributed by atoms with E-state index in [1.165, 1.54) is 12.1 Å². The Kier molecular flexibility index (Phi) is 4.07. The van der Waals surface area contributed by atoms with Gasteiger partial charge in [-0.1, -0.05) is 35.3 Å². The van der Waals surface area contributed by atoms with Crippen LogP contribution in [0, 0.1) is 5.82 Å². The van der Waals surface area contributed by atoms with E-state index in [9.17, 15) is 9.50 Å². The average Bonchev–Trinajstić information content (AvgIpc) is 2.90. The van der Waals surface area contributed by atoms with Crippen molar-refractivity contribution in [1.29, 1.82) is 0 Å². The van der Waals surface area contributed by atoms with Gasteiger partial charge in [0.25, 0.3) is 0 Å². The molecule has 1 aliphatic rings. The summed E-state index contributed by atoms with van der Waals surface area (Å²) in [5, 5.41) is 10.9. The monoisotopic (exact) mass is 326 g/mol. The third-order valence-electron chi connectivity index (χ3n) is 3.58. The van der Waals surface area contributed by atoms with Gasteiger partial charge in [-0.3, -0.25) is 0 Å². The van der Waals surface area contributed by atoms with Crippen molar-refractivity contribution < 1.29 is 14.2 Å². The first kappa shape index (κ1) is 14.6. The highest BCUT2D eigenvalue weighted by Gasteiger charge is 2.22. The Morgan fingerprint density at radius 1 is 1.29 bits per heavy atom. The van der Waals surface area contributed by atoms with Crippen LogP contribution in [0.4, 0.5) is 4.39 Å². The van der Waals surface area contributed by atoms with Crippen LogP contribution in [-0.4, -0.2) is 11.7 Å². The summed E-state index contributed by atoms with van der Waals surface area (Å²) in [6.07, 6.45) is 0.0143. The standard InChI is InChI=1S/C16H13Cl2FO2/c17-11-6-9-4-5-21-16(9)10(7-11)8-14(20)12-2-1-3-13(18)15(12)19/h1-3,6-7,14,20H,4-5,8H2. The van der Waals surface area contributed by atoms with Gasteiger partial charge in [-0.2, -0.15) is 0 Å². The van der Waals surface area contributed by atoms with Crippen LogP contribution in [0.2, 0.25) is 10.0 Å². The van der Waals surface area contributed by atoms with Gasteiger partial charge in [-0.25, -0.2) is 4.39 Å². The molecule has 2 nitrogen and oxygen atoms in total. The lowest BCUT2D eigenvalue weighted by Gasteiger charge is -2.15. The van der Waals surface area contributed by atoms with Crippen molar-refractivity contribution in [3.63, 3.8) is 0 Å². The fourth-order valence-electron chi connectivity index (χ4n) is 2.59. The Morgan fingerprint density at radius 3 is 2.90 bits per heavy atom.